The summed E-state index contributed by atoms with van der Waals surface area (Å²) in [7, 11) is 1.72. The first-order chi connectivity index (χ1) is 16.2. The maximum Gasteiger partial charge on any atom is 0.219 e. The number of nitrogens with one attached hydrogen (secondary N) is 1. The quantitative estimate of drug-likeness (QED) is 0.404. The molecule has 4 rings (SSSR count). The lowest BCUT2D eigenvalue weighted by Crippen LogP contribution is -2.30. The molecule has 1 aliphatic rings. The van der Waals surface area contributed by atoms with Gasteiger partial charge in [-0.3, -0.25) is 0 Å². The molecule has 0 saturated carbocycles. The van der Waals surface area contributed by atoms with Crippen LogP contribution in [0.15, 0.2) is 59.0 Å². The van der Waals surface area contributed by atoms with Gasteiger partial charge < -0.3 is 19.4 Å². The van der Waals surface area contributed by atoms with Gasteiger partial charge in [-0.15, -0.1) is 0 Å². The summed E-state index contributed by atoms with van der Waals surface area (Å²) < 4.78 is 12.1. The Morgan fingerprint density at radius 3 is 2.48 bits per heavy atom. The van der Waals surface area contributed by atoms with E-state index in [0.29, 0.717) is 12.5 Å². The average molecular weight is 448 g/mol. The van der Waals surface area contributed by atoms with E-state index in [4.69, 9.17) is 14.1 Å². The van der Waals surface area contributed by atoms with Crippen molar-refractivity contribution in [1.29, 1.82) is 0 Å². The Morgan fingerprint density at radius 1 is 1.03 bits per heavy atom. The average Bonchev–Trinajstić information content (AvgIpc) is 3.28. The molecule has 3 aromatic rings. The van der Waals surface area contributed by atoms with Crippen molar-refractivity contribution in [2.75, 3.05) is 25.1 Å². The zero-order valence-electron chi connectivity index (χ0n) is 20.2. The van der Waals surface area contributed by atoms with Crippen molar-refractivity contribution in [1.82, 2.24) is 10.3 Å². The molecule has 2 heterocycles. The number of rotatable bonds is 10. The monoisotopic (exact) mass is 447 g/mol. The Hall–Kier alpha value is -2.79. The van der Waals surface area contributed by atoms with Crippen LogP contribution in [0, 0.1) is 5.92 Å². The van der Waals surface area contributed by atoms with Gasteiger partial charge >= 0.3 is 0 Å². The summed E-state index contributed by atoms with van der Waals surface area (Å²) in [5.41, 5.74) is 3.45. The first-order valence-corrected chi connectivity index (χ1v) is 12.3. The number of nitrogens with zero attached hydrogens (tertiary/aromatic N) is 2. The third-order valence-corrected chi connectivity index (χ3v) is 6.73. The van der Waals surface area contributed by atoms with Crippen molar-refractivity contribution < 1.29 is 9.15 Å². The Kier molecular flexibility index (Phi) is 8.05. The molecule has 176 valence electrons. The van der Waals surface area contributed by atoms with Gasteiger partial charge in [0.2, 0.25) is 11.8 Å². The van der Waals surface area contributed by atoms with Crippen molar-refractivity contribution in [2.24, 2.45) is 5.92 Å². The van der Waals surface area contributed by atoms with Gasteiger partial charge in [-0.1, -0.05) is 68.8 Å². The van der Waals surface area contributed by atoms with Gasteiger partial charge in [0, 0.05) is 31.6 Å². The minimum atomic E-state index is 0.0352. The predicted molar refractivity (Wildman–Crippen MR) is 134 cm³/mol. The smallest absolute Gasteiger partial charge is 0.219 e. The summed E-state index contributed by atoms with van der Waals surface area (Å²) in [5.74, 6) is 3.04. The molecule has 2 unspecified atom stereocenters. The highest BCUT2D eigenvalue weighted by atomic mass is 16.5. The molecule has 0 amide bonds. The minimum Gasteiger partial charge on any atom is -0.496 e. The number of para-hydroxylation sites is 1. The van der Waals surface area contributed by atoms with Crippen molar-refractivity contribution >= 4 is 5.88 Å². The lowest BCUT2D eigenvalue weighted by molar-refractivity contribution is 0.304. The second kappa shape index (κ2) is 11.4. The summed E-state index contributed by atoms with van der Waals surface area (Å²) >= 11 is 0. The Balaban J connectivity index is 1.62. The van der Waals surface area contributed by atoms with E-state index in [2.05, 4.69) is 66.5 Å². The molecule has 1 saturated heterocycles. The van der Waals surface area contributed by atoms with E-state index in [-0.39, 0.29) is 6.04 Å². The van der Waals surface area contributed by atoms with Crippen LogP contribution in [0.5, 0.6) is 5.75 Å². The predicted octanol–water partition coefficient (Wildman–Crippen LogP) is 6.14. The van der Waals surface area contributed by atoms with Crippen LogP contribution in [0.25, 0.3) is 0 Å². The molecule has 2 atom stereocenters. The molecule has 0 bridgehead atoms. The fraction of sp³-hybridized carbons (Fsp3) is 0.464. The third-order valence-electron chi connectivity index (χ3n) is 6.73. The van der Waals surface area contributed by atoms with Crippen molar-refractivity contribution in [3.8, 4) is 5.75 Å². The summed E-state index contributed by atoms with van der Waals surface area (Å²) in [5, 5.41) is 3.73. The van der Waals surface area contributed by atoms with Gasteiger partial charge in [-0.2, -0.15) is 0 Å². The Labute approximate surface area is 198 Å². The van der Waals surface area contributed by atoms with Gasteiger partial charge in [0.15, 0.2) is 0 Å². The Bertz CT molecular complexity index is 995. The fourth-order valence-electron chi connectivity index (χ4n) is 4.58. The zero-order chi connectivity index (χ0) is 23.0. The van der Waals surface area contributed by atoms with E-state index in [1.165, 1.54) is 24.8 Å². The normalized spacial score (nSPS) is 15.9. The highest BCUT2D eigenvalue weighted by Crippen LogP contribution is 2.33. The van der Waals surface area contributed by atoms with Gasteiger partial charge in [0.1, 0.15) is 11.4 Å². The van der Waals surface area contributed by atoms with Crippen LogP contribution >= 0.6 is 0 Å². The molecule has 5 nitrogen and oxygen atoms in total. The summed E-state index contributed by atoms with van der Waals surface area (Å²) in [6.07, 6.45) is 5.54. The molecule has 1 fully saturated rings. The van der Waals surface area contributed by atoms with Gasteiger partial charge in [0.05, 0.1) is 13.2 Å². The molecule has 1 N–H and O–H groups in total. The zero-order valence-corrected chi connectivity index (χ0v) is 20.2. The number of oxazole rings is 1. The second-order valence-corrected chi connectivity index (χ2v) is 9.07. The number of benzene rings is 2. The van der Waals surface area contributed by atoms with E-state index in [1.54, 1.807) is 7.11 Å². The summed E-state index contributed by atoms with van der Waals surface area (Å²) in [4.78, 5) is 7.50. The van der Waals surface area contributed by atoms with Crippen LogP contribution in [0.3, 0.4) is 0 Å². The molecule has 0 radical (unpaired) electrons. The van der Waals surface area contributed by atoms with Gasteiger partial charge in [-0.05, 0) is 36.8 Å². The van der Waals surface area contributed by atoms with Crippen LogP contribution in [-0.4, -0.2) is 25.2 Å². The minimum absolute atomic E-state index is 0.0352. The molecule has 5 heteroatoms. The lowest BCUT2D eigenvalue weighted by atomic mass is 9.98. The van der Waals surface area contributed by atoms with Crippen LogP contribution in [0.2, 0.25) is 0 Å². The number of piperidine rings is 1. The number of anilines is 1. The highest BCUT2D eigenvalue weighted by Gasteiger charge is 2.28. The highest BCUT2D eigenvalue weighted by molar-refractivity contribution is 5.44. The summed E-state index contributed by atoms with van der Waals surface area (Å²) in [6.45, 7) is 7.27. The standard InChI is InChI=1S/C28H37N3O2/c1-4-21(2)26(29-20-23-15-9-10-16-25(23)32-3)27-30-24(19-22-13-7-5-8-14-22)28(33-27)31-17-11-6-12-18-31/h5,7-10,13-16,21,26,29H,4,6,11-12,17-20H2,1-3H3. The number of hydrogen-bond acceptors (Lipinski definition) is 5. The molecular weight excluding hydrogens is 410 g/mol. The SMILES string of the molecule is CCC(C)C(NCc1ccccc1OC)c1nc(Cc2ccccc2)c(N2CCCCC2)o1. The first-order valence-electron chi connectivity index (χ1n) is 12.3. The van der Waals surface area contributed by atoms with E-state index >= 15 is 0 Å². The third kappa shape index (κ3) is 5.77. The molecule has 33 heavy (non-hydrogen) atoms. The molecule has 0 aliphatic carbocycles. The van der Waals surface area contributed by atoms with E-state index in [9.17, 15) is 0 Å². The van der Waals surface area contributed by atoms with E-state index in [0.717, 1.165) is 54.7 Å². The maximum atomic E-state index is 6.58. The van der Waals surface area contributed by atoms with Gasteiger partial charge in [-0.25, -0.2) is 4.98 Å². The lowest BCUT2D eigenvalue weighted by Gasteiger charge is -2.27. The Morgan fingerprint density at radius 2 is 1.76 bits per heavy atom. The summed E-state index contributed by atoms with van der Waals surface area (Å²) in [6, 6.07) is 18.8. The van der Waals surface area contributed by atoms with Crippen molar-refractivity contribution in [3.63, 3.8) is 0 Å². The van der Waals surface area contributed by atoms with Crippen LogP contribution in [-0.2, 0) is 13.0 Å². The number of methoxy groups -OCH3 is 1. The number of ether oxygens (including phenoxy) is 1. The van der Waals surface area contributed by atoms with Crippen LogP contribution in [0.1, 0.15) is 68.3 Å². The largest absolute Gasteiger partial charge is 0.496 e. The van der Waals surface area contributed by atoms with E-state index < -0.39 is 0 Å². The topological polar surface area (TPSA) is 50.5 Å². The first kappa shape index (κ1) is 23.4. The van der Waals surface area contributed by atoms with E-state index in [1.807, 2.05) is 12.1 Å². The number of hydrogen-bond donors (Lipinski definition) is 1. The molecule has 1 aromatic heterocycles. The van der Waals surface area contributed by atoms with Crippen molar-refractivity contribution in [3.05, 3.63) is 77.3 Å². The van der Waals surface area contributed by atoms with Crippen LogP contribution in [0.4, 0.5) is 5.88 Å². The second-order valence-electron chi connectivity index (χ2n) is 9.07. The molecule has 2 aromatic carbocycles. The molecule has 1 aliphatic heterocycles. The van der Waals surface area contributed by atoms with Gasteiger partial charge in [0.25, 0.3) is 0 Å². The maximum absolute atomic E-state index is 6.58. The molecular formula is C28H37N3O2. The van der Waals surface area contributed by atoms with Crippen molar-refractivity contribution in [2.45, 2.75) is 58.5 Å². The number of aromatic nitrogens is 1. The fourth-order valence-corrected chi connectivity index (χ4v) is 4.58. The van der Waals surface area contributed by atoms with Crippen LogP contribution < -0.4 is 15.0 Å². The molecule has 0 spiro atoms.